The molecule has 5 nitrogen and oxygen atoms in total. The number of aryl methyl sites for hydroxylation is 1. The van der Waals surface area contributed by atoms with Gasteiger partial charge < -0.3 is 10.2 Å². The van der Waals surface area contributed by atoms with Gasteiger partial charge in [-0.2, -0.15) is 5.10 Å². The highest BCUT2D eigenvalue weighted by Gasteiger charge is 2.08. The van der Waals surface area contributed by atoms with E-state index in [2.05, 4.69) is 12.0 Å². The van der Waals surface area contributed by atoms with Crippen LogP contribution in [0.3, 0.4) is 0 Å². The highest BCUT2D eigenvalue weighted by molar-refractivity contribution is 5.91. The molecule has 5 heteroatoms. The molecule has 0 saturated heterocycles. The van der Waals surface area contributed by atoms with Crippen molar-refractivity contribution in [1.82, 2.24) is 9.78 Å². The Labute approximate surface area is 125 Å². The second kappa shape index (κ2) is 7.22. The Bertz CT molecular complexity index is 586. The van der Waals surface area contributed by atoms with E-state index in [1.165, 1.54) is 12.5 Å². The van der Waals surface area contributed by atoms with E-state index in [1.807, 2.05) is 23.1 Å². The molecule has 21 heavy (non-hydrogen) atoms. The Morgan fingerprint density at radius 2 is 2.29 bits per heavy atom. The van der Waals surface area contributed by atoms with Gasteiger partial charge >= 0.3 is 0 Å². The van der Waals surface area contributed by atoms with Gasteiger partial charge in [-0.1, -0.05) is 6.92 Å². The third-order valence-corrected chi connectivity index (χ3v) is 3.58. The fraction of sp³-hybridized carbons (Fsp3) is 0.500. The van der Waals surface area contributed by atoms with Crippen LogP contribution in [0.15, 0.2) is 28.9 Å². The normalized spacial score (nSPS) is 12.5. The zero-order valence-corrected chi connectivity index (χ0v) is 12.7. The maximum absolute atomic E-state index is 11.2. The lowest BCUT2D eigenvalue weighted by Crippen LogP contribution is -2.10. The first-order valence-corrected chi connectivity index (χ1v) is 7.39. The van der Waals surface area contributed by atoms with Gasteiger partial charge in [0, 0.05) is 13.1 Å². The predicted molar refractivity (Wildman–Crippen MR) is 81.2 cm³/mol. The second-order valence-electron chi connectivity index (χ2n) is 5.60. The van der Waals surface area contributed by atoms with Crippen LogP contribution in [0.25, 0.3) is 0 Å². The highest BCUT2D eigenvalue weighted by atomic mass is 16.3. The fourth-order valence-corrected chi connectivity index (χ4v) is 2.21. The standard InChI is InChI=1S/C16H23N3O2/c1-12(8-17)4-3-5-14-9-18-19(10-14)11-15-6-7-16(21-15)13(2)20/h6-7,9-10,12H,3-5,8,11,17H2,1-2H3. The third-order valence-electron chi connectivity index (χ3n) is 3.58. The first-order chi connectivity index (χ1) is 10.1. The monoisotopic (exact) mass is 289 g/mol. The van der Waals surface area contributed by atoms with Crippen LogP contribution >= 0.6 is 0 Å². The van der Waals surface area contributed by atoms with Gasteiger partial charge in [0.15, 0.2) is 11.5 Å². The van der Waals surface area contributed by atoms with Crippen molar-refractivity contribution in [2.24, 2.45) is 11.7 Å². The maximum Gasteiger partial charge on any atom is 0.194 e. The van der Waals surface area contributed by atoms with Crippen molar-refractivity contribution in [1.29, 1.82) is 0 Å². The van der Waals surface area contributed by atoms with E-state index in [0.717, 1.165) is 31.6 Å². The highest BCUT2D eigenvalue weighted by Crippen LogP contribution is 2.12. The molecule has 0 fully saturated rings. The van der Waals surface area contributed by atoms with Crippen LogP contribution in [0, 0.1) is 5.92 Å². The Morgan fingerprint density at radius 1 is 1.48 bits per heavy atom. The first-order valence-electron chi connectivity index (χ1n) is 7.39. The fourth-order valence-electron chi connectivity index (χ4n) is 2.21. The summed E-state index contributed by atoms with van der Waals surface area (Å²) in [5.41, 5.74) is 6.83. The number of furan rings is 1. The molecule has 2 aromatic heterocycles. The summed E-state index contributed by atoms with van der Waals surface area (Å²) in [4.78, 5) is 11.2. The van der Waals surface area contributed by atoms with E-state index >= 15 is 0 Å². The number of nitrogens with zero attached hydrogens (tertiary/aromatic N) is 2. The molecular formula is C16H23N3O2. The summed E-state index contributed by atoms with van der Waals surface area (Å²) in [6.07, 6.45) is 7.20. The second-order valence-corrected chi connectivity index (χ2v) is 5.60. The Hall–Kier alpha value is -1.88. The number of hydrogen-bond acceptors (Lipinski definition) is 4. The number of carbonyl (C=O) groups excluding carboxylic acids is 1. The van der Waals surface area contributed by atoms with Crippen molar-refractivity contribution in [3.8, 4) is 0 Å². The molecular weight excluding hydrogens is 266 g/mol. The molecule has 0 bridgehead atoms. The summed E-state index contributed by atoms with van der Waals surface area (Å²) >= 11 is 0. The average molecular weight is 289 g/mol. The SMILES string of the molecule is CC(=O)c1ccc(Cn2cc(CCCC(C)CN)cn2)o1. The minimum atomic E-state index is -0.0589. The molecule has 114 valence electrons. The molecule has 0 spiro atoms. The van der Waals surface area contributed by atoms with Crippen LogP contribution < -0.4 is 5.73 Å². The number of Topliss-reactive ketones (excluding diaryl/α,β-unsaturated/α-hetero) is 1. The van der Waals surface area contributed by atoms with Crippen LogP contribution in [0.1, 0.15) is 48.6 Å². The maximum atomic E-state index is 11.2. The Morgan fingerprint density at radius 3 is 2.95 bits per heavy atom. The topological polar surface area (TPSA) is 74.0 Å². The molecule has 2 aromatic rings. The molecule has 0 aromatic carbocycles. The van der Waals surface area contributed by atoms with Gasteiger partial charge in [-0.25, -0.2) is 0 Å². The number of rotatable bonds is 8. The average Bonchev–Trinajstić information content (AvgIpc) is 3.09. The number of nitrogens with two attached hydrogens (primary N) is 1. The third kappa shape index (κ3) is 4.56. The van der Waals surface area contributed by atoms with Crippen LogP contribution in [0.5, 0.6) is 0 Å². The minimum Gasteiger partial charge on any atom is -0.456 e. The lowest BCUT2D eigenvalue weighted by molar-refractivity contribution is 0.0985. The largest absolute Gasteiger partial charge is 0.456 e. The van der Waals surface area contributed by atoms with E-state index < -0.39 is 0 Å². The summed E-state index contributed by atoms with van der Waals surface area (Å²) in [6, 6.07) is 3.53. The van der Waals surface area contributed by atoms with Crippen molar-refractivity contribution >= 4 is 5.78 Å². The van der Waals surface area contributed by atoms with Gasteiger partial charge in [0.2, 0.25) is 0 Å². The van der Waals surface area contributed by atoms with E-state index in [0.29, 0.717) is 18.2 Å². The molecule has 0 aliphatic carbocycles. The molecule has 1 unspecified atom stereocenters. The molecule has 0 amide bonds. The van der Waals surface area contributed by atoms with E-state index in [9.17, 15) is 4.79 Å². The zero-order valence-electron chi connectivity index (χ0n) is 12.7. The zero-order chi connectivity index (χ0) is 15.2. The predicted octanol–water partition coefficient (Wildman–Crippen LogP) is 2.64. The Balaban J connectivity index is 1.86. The lowest BCUT2D eigenvalue weighted by atomic mass is 10.0. The van der Waals surface area contributed by atoms with Crippen molar-refractivity contribution in [3.05, 3.63) is 41.6 Å². The smallest absolute Gasteiger partial charge is 0.194 e. The molecule has 1 atom stereocenters. The summed E-state index contributed by atoms with van der Waals surface area (Å²) < 4.78 is 7.30. The number of carbonyl (C=O) groups is 1. The van der Waals surface area contributed by atoms with Gasteiger partial charge in [0.25, 0.3) is 0 Å². The Kier molecular flexibility index (Phi) is 5.33. The summed E-state index contributed by atoms with van der Waals surface area (Å²) in [7, 11) is 0. The summed E-state index contributed by atoms with van der Waals surface area (Å²) in [5, 5.41) is 4.33. The van der Waals surface area contributed by atoms with Crippen LogP contribution in [-0.2, 0) is 13.0 Å². The first kappa shape index (κ1) is 15.5. The molecule has 0 aliphatic rings. The van der Waals surface area contributed by atoms with Gasteiger partial charge in [0.05, 0.1) is 12.7 Å². The minimum absolute atomic E-state index is 0.0589. The van der Waals surface area contributed by atoms with Crippen LogP contribution in [0.4, 0.5) is 0 Å². The molecule has 2 rings (SSSR count). The number of hydrogen-bond donors (Lipinski definition) is 1. The van der Waals surface area contributed by atoms with Crippen molar-refractivity contribution in [3.63, 3.8) is 0 Å². The lowest BCUT2D eigenvalue weighted by Gasteiger charge is -2.06. The molecule has 2 N–H and O–H groups in total. The van der Waals surface area contributed by atoms with Gasteiger partial charge in [-0.3, -0.25) is 9.48 Å². The summed E-state index contributed by atoms with van der Waals surface area (Å²) in [6.45, 7) is 4.96. The van der Waals surface area contributed by atoms with E-state index in [-0.39, 0.29) is 5.78 Å². The quantitative estimate of drug-likeness (QED) is 0.758. The van der Waals surface area contributed by atoms with Gasteiger partial charge in [-0.05, 0) is 49.4 Å². The number of ketones is 1. The molecule has 0 radical (unpaired) electrons. The van der Waals surface area contributed by atoms with Gasteiger partial charge in [0.1, 0.15) is 5.76 Å². The van der Waals surface area contributed by atoms with E-state index in [4.69, 9.17) is 10.2 Å². The van der Waals surface area contributed by atoms with Crippen molar-refractivity contribution < 1.29 is 9.21 Å². The number of aromatic nitrogens is 2. The van der Waals surface area contributed by atoms with Crippen LogP contribution in [0.2, 0.25) is 0 Å². The summed E-state index contributed by atoms with van der Waals surface area (Å²) in [5.74, 6) is 1.66. The van der Waals surface area contributed by atoms with Crippen LogP contribution in [-0.4, -0.2) is 22.1 Å². The molecule has 0 saturated carbocycles. The van der Waals surface area contributed by atoms with Crippen molar-refractivity contribution in [2.75, 3.05) is 6.54 Å². The van der Waals surface area contributed by atoms with Crippen molar-refractivity contribution in [2.45, 2.75) is 39.7 Å². The molecule has 0 aliphatic heterocycles. The van der Waals surface area contributed by atoms with E-state index in [1.54, 1.807) is 6.07 Å². The van der Waals surface area contributed by atoms with Gasteiger partial charge in [-0.15, -0.1) is 0 Å². The molecule has 2 heterocycles.